The first-order valence-corrected chi connectivity index (χ1v) is 7.94. The zero-order valence-electron chi connectivity index (χ0n) is 12.9. The average Bonchev–Trinajstić information content (AvgIpc) is 2.89. The maximum Gasteiger partial charge on any atom is 0.240 e. The number of hydrogen-bond donors (Lipinski definition) is 2. The number of nitrogens with zero attached hydrogens (tertiary/aromatic N) is 1. The summed E-state index contributed by atoms with van der Waals surface area (Å²) < 4.78 is 0. The van der Waals surface area contributed by atoms with Gasteiger partial charge in [0.25, 0.3) is 0 Å². The van der Waals surface area contributed by atoms with E-state index in [1.165, 1.54) is 0 Å². The molecule has 0 radical (unpaired) electrons. The quantitative estimate of drug-likeness (QED) is 0.627. The molecule has 0 spiro atoms. The Hall–Kier alpha value is -0.610. The van der Waals surface area contributed by atoms with Crippen molar-refractivity contribution in [1.82, 2.24) is 15.5 Å². The first kappa shape index (κ1) is 16.4. The number of nitrogens with one attached hydrogen (secondary N) is 2. The van der Waals surface area contributed by atoms with Gasteiger partial charge in [-0.15, -0.1) is 0 Å². The molecule has 2 N–H and O–H groups in total. The molecule has 1 aliphatic heterocycles. The topological polar surface area (TPSA) is 44.4 Å². The molecule has 1 amide bonds. The number of carbonyl (C=O) groups is 1. The number of carbonyl (C=O) groups excluding carboxylic acids is 1. The molecule has 112 valence electrons. The third-order valence-electron chi connectivity index (χ3n) is 4.19. The fourth-order valence-electron chi connectivity index (χ4n) is 2.97. The summed E-state index contributed by atoms with van der Waals surface area (Å²) >= 11 is 0. The van der Waals surface area contributed by atoms with E-state index in [1.807, 2.05) is 0 Å². The lowest BCUT2D eigenvalue weighted by atomic mass is 9.91. The van der Waals surface area contributed by atoms with Crippen LogP contribution in [0.15, 0.2) is 0 Å². The van der Waals surface area contributed by atoms with Gasteiger partial charge in [-0.1, -0.05) is 27.2 Å². The Kier molecular flexibility index (Phi) is 7.39. The van der Waals surface area contributed by atoms with Crippen LogP contribution in [0.2, 0.25) is 0 Å². The minimum atomic E-state index is -0.274. The molecule has 1 atom stereocenters. The zero-order valence-corrected chi connectivity index (χ0v) is 12.9. The monoisotopic (exact) mass is 269 g/mol. The fraction of sp³-hybridized carbons (Fsp3) is 0.933. The van der Waals surface area contributed by atoms with Gasteiger partial charge < -0.3 is 15.5 Å². The standard InChI is InChI=1S/C15H31N3O/c1-4-9-15(10-7-12-17-15)14(19)16-11-8-13-18(5-2)6-3/h17H,4-13H2,1-3H3,(H,16,19). The van der Waals surface area contributed by atoms with Gasteiger partial charge in [0.2, 0.25) is 5.91 Å². The molecule has 19 heavy (non-hydrogen) atoms. The predicted molar refractivity (Wildman–Crippen MR) is 80.3 cm³/mol. The van der Waals surface area contributed by atoms with E-state index in [2.05, 4.69) is 36.3 Å². The zero-order chi connectivity index (χ0) is 14.1. The van der Waals surface area contributed by atoms with Crippen LogP contribution in [-0.4, -0.2) is 49.1 Å². The van der Waals surface area contributed by atoms with Crippen LogP contribution in [0.4, 0.5) is 0 Å². The third kappa shape index (κ3) is 4.77. The van der Waals surface area contributed by atoms with Gasteiger partial charge in [-0.05, 0) is 51.9 Å². The van der Waals surface area contributed by atoms with E-state index in [0.717, 1.165) is 64.8 Å². The summed E-state index contributed by atoms with van der Waals surface area (Å²) in [5, 5.41) is 6.55. The molecule has 0 aliphatic carbocycles. The van der Waals surface area contributed by atoms with Gasteiger partial charge in [-0.25, -0.2) is 0 Å². The highest BCUT2D eigenvalue weighted by molar-refractivity contribution is 5.86. The van der Waals surface area contributed by atoms with Crippen molar-refractivity contribution in [2.24, 2.45) is 0 Å². The SMILES string of the molecule is CCCC1(C(=O)NCCCN(CC)CC)CCCN1. The largest absolute Gasteiger partial charge is 0.354 e. The lowest BCUT2D eigenvalue weighted by Gasteiger charge is -2.28. The Bertz CT molecular complexity index is 258. The summed E-state index contributed by atoms with van der Waals surface area (Å²) in [5.74, 6) is 0.214. The molecule has 0 aromatic rings. The molecule has 4 heteroatoms. The van der Waals surface area contributed by atoms with Gasteiger partial charge >= 0.3 is 0 Å². The number of amides is 1. The van der Waals surface area contributed by atoms with Crippen LogP contribution in [0.1, 0.15) is 52.9 Å². The molecule has 0 aromatic carbocycles. The van der Waals surface area contributed by atoms with Crippen molar-refractivity contribution < 1.29 is 4.79 Å². The molecule has 1 rings (SSSR count). The van der Waals surface area contributed by atoms with Crippen molar-refractivity contribution in [2.75, 3.05) is 32.7 Å². The molecule has 0 aromatic heterocycles. The number of hydrogen-bond acceptors (Lipinski definition) is 3. The van der Waals surface area contributed by atoms with E-state index in [1.54, 1.807) is 0 Å². The molecule has 1 heterocycles. The number of rotatable bonds is 9. The van der Waals surface area contributed by atoms with Crippen molar-refractivity contribution in [3.05, 3.63) is 0 Å². The van der Waals surface area contributed by atoms with E-state index in [0.29, 0.717) is 0 Å². The maximum atomic E-state index is 12.4. The van der Waals surface area contributed by atoms with Crippen LogP contribution in [0.5, 0.6) is 0 Å². The van der Waals surface area contributed by atoms with Gasteiger partial charge in [0, 0.05) is 6.54 Å². The van der Waals surface area contributed by atoms with E-state index in [4.69, 9.17) is 0 Å². The van der Waals surface area contributed by atoms with Crippen molar-refractivity contribution >= 4 is 5.91 Å². The molecular formula is C15H31N3O. The van der Waals surface area contributed by atoms with E-state index in [-0.39, 0.29) is 11.4 Å². The van der Waals surface area contributed by atoms with Crippen LogP contribution < -0.4 is 10.6 Å². The molecule has 1 saturated heterocycles. The van der Waals surface area contributed by atoms with Crippen LogP contribution in [0.3, 0.4) is 0 Å². The van der Waals surface area contributed by atoms with Gasteiger partial charge in [0.1, 0.15) is 0 Å². The first-order chi connectivity index (χ1) is 9.18. The Morgan fingerprint density at radius 1 is 1.32 bits per heavy atom. The van der Waals surface area contributed by atoms with Crippen LogP contribution >= 0.6 is 0 Å². The second-order valence-corrected chi connectivity index (χ2v) is 5.50. The van der Waals surface area contributed by atoms with Crippen LogP contribution in [-0.2, 0) is 4.79 Å². The smallest absolute Gasteiger partial charge is 0.240 e. The van der Waals surface area contributed by atoms with Gasteiger partial charge in [-0.2, -0.15) is 0 Å². The van der Waals surface area contributed by atoms with Crippen LogP contribution in [0, 0.1) is 0 Å². The van der Waals surface area contributed by atoms with E-state index in [9.17, 15) is 4.79 Å². The van der Waals surface area contributed by atoms with Gasteiger partial charge in [0.15, 0.2) is 0 Å². The highest BCUT2D eigenvalue weighted by atomic mass is 16.2. The molecule has 4 nitrogen and oxygen atoms in total. The average molecular weight is 269 g/mol. The molecule has 1 unspecified atom stereocenters. The minimum Gasteiger partial charge on any atom is -0.354 e. The van der Waals surface area contributed by atoms with Crippen molar-refractivity contribution in [3.8, 4) is 0 Å². The Morgan fingerprint density at radius 2 is 2.05 bits per heavy atom. The van der Waals surface area contributed by atoms with Crippen LogP contribution in [0.25, 0.3) is 0 Å². The summed E-state index contributed by atoms with van der Waals surface area (Å²) in [4.78, 5) is 14.7. The molecular weight excluding hydrogens is 238 g/mol. The first-order valence-electron chi connectivity index (χ1n) is 7.94. The predicted octanol–water partition coefficient (Wildman–Crippen LogP) is 1.76. The summed E-state index contributed by atoms with van der Waals surface area (Å²) in [6.07, 6.45) is 5.15. The lowest BCUT2D eigenvalue weighted by molar-refractivity contribution is -0.127. The highest BCUT2D eigenvalue weighted by Crippen LogP contribution is 2.24. The Labute approximate surface area is 118 Å². The normalized spacial score (nSPS) is 22.9. The third-order valence-corrected chi connectivity index (χ3v) is 4.19. The van der Waals surface area contributed by atoms with E-state index >= 15 is 0 Å². The van der Waals surface area contributed by atoms with E-state index < -0.39 is 0 Å². The molecule has 1 fully saturated rings. The second kappa shape index (κ2) is 8.54. The van der Waals surface area contributed by atoms with Crippen molar-refractivity contribution in [1.29, 1.82) is 0 Å². The summed E-state index contributed by atoms with van der Waals surface area (Å²) in [7, 11) is 0. The maximum absolute atomic E-state index is 12.4. The van der Waals surface area contributed by atoms with Crippen molar-refractivity contribution in [3.63, 3.8) is 0 Å². The summed E-state index contributed by atoms with van der Waals surface area (Å²) in [5.41, 5.74) is -0.274. The highest BCUT2D eigenvalue weighted by Gasteiger charge is 2.39. The van der Waals surface area contributed by atoms with Crippen molar-refractivity contribution in [2.45, 2.75) is 58.4 Å². The minimum absolute atomic E-state index is 0.214. The Balaban J connectivity index is 2.29. The second-order valence-electron chi connectivity index (χ2n) is 5.50. The molecule has 1 aliphatic rings. The summed E-state index contributed by atoms with van der Waals surface area (Å²) in [6, 6.07) is 0. The van der Waals surface area contributed by atoms with Gasteiger partial charge in [-0.3, -0.25) is 4.79 Å². The lowest BCUT2D eigenvalue weighted by Crippen LogP contribution is -2.53. The fourth-order valence-corrected chi connectivity index (χ4v) is 2.97. The molecule has 0 bridgehead atoms. The van der Waals surface area contributed by atoms with Gasteiger partial charge in [0.05, 0.1) is 5.54 Å². The Morgan fingerprint density at radius 3 is 2.58 bits per heavy atom. The summed E-state index contributed by atoms with van der Waals surface area (Å²) in [6.45, 7) is 11.5. The molecule has 0 saturated carbocycles.